The Morgan fingerprint density at radius 3 is 2.50 bits per heavy atom. The van der Waals surface area contributed by atoms with E-state index >= 15 is 0 Å². The fourth-order valence-corrected chi connectivity index (χ4v) is 4.09. The van der Waals surface area contributed by atoms with Crippen molar-refractivity contribution in [3.8, 4) is 5.75 Å². The number of benzene rings is 2. The largest absolute Gasteiger partial charge is 0.497 e. The number of piperazine rings is 1. The van der Waals surface area contributed by atoms with Gasteiger partial charge in [-0.05, 0) is 42.0 Å². The van der Waals surface area contributed by atoms with E-state index in [1.54, 1.807) is 37.4 Å². The lowest BCUT2D eigenvalue weighted by Crippen LogP contribution is -2.59. The molecule has 1 saturated heterocycles. The number of carbonyl (C=O) groups is 2. The number of pyridine rings is 1. The van der Waals surface area contributed by atoms with Crippen LogP contribution in [0.25, 0.3) is 0 Å². The Kier molecular flexibility index (Phi) is 7.39. The van der Waals surface area contributed by atoms with E-state index in [0.29, 0.717) is 37.6 Å². The second-order valence-corrected chi connectivity index (χ2v) is 8.09. The maximum absolute atomic E-state index is 13.5. The van der Waals surface area contributed by atoms with Crippen LogP contribution in [0.2, 0.25) is 0 Å². The maximum atomic E-state index is 13.5. The minimum atomic E-state index is -0.433. The van der Waals surface area contributed by atoms with Gasteiger partial charge in [0.25, 0.3) is 5.91 Å². The number of ether oxygens (including phenoxy) is 1. The summed E-state index contributed by atoms with van der Waals surface area (Å²) in [5, 5.41) is 5.98. The van der Waals surface area contributed by atoms with Crippen molar-refractivity contribution in [1.82, 2.24) is 20.1 Å². The monoisotopic (exact) mass is 459 g/mol. The molecule has 0 saturated carbocycles. The van der Waals surface area contributed by atoms with Crippen LogP contribution in [-0.4, -0.2) is 66.4 Å². The van der Waals surface area contributed by atoms with Gasteiger partial charge in [0, 0.05) is 45.1 Å². The smallest absolute Gasteiger partial charge is 0.257 e. The van der Waals surface area contributed by atoms with Crippen LogP contribution in [0, 0.1) is 0 Å². The van der Waals surface area contributed by atoms with Crippen molar-refractivity contribution in [3.05, 3.63) is 84.1 Å². The summed E-state index contributed by atoms with van der Waals surface area (Å²) in [6.07, 6.45) is 1.65. The van der Waals surface area contributed by atoms with Crippen molar-refractivity contribution in [1.29, 1.82) is 0 Å². The molecule has 1 fully saturated rings. The molecular formula is C26H29N5O3. The van der Waals surface area contributed by atoms with Gasteiger partial charge in [-0.2, -0.15) is 0 Å². The highest BCUT2D eigenvalue weighted by Crippen LogP contribution is 2.24. The molecular weight excluding hydrogens is 430 g/mol. The summed E-state index contributed by atoms with van der Waals surface area (Å²) < 4.78 is 5.20. The highest BCUT2D eigenvalue weighted by Gasteiger charge is 2.34. The molecule has 2 aromatic carbocycles. The molecule has 0 spiro atoms. The zero-order valence-electron chi connectivity index (χ0n) is 19.4. The lowest BCUT2D eigenvalue weighted by atomic mass is 10.1. The van der Waals surface area contributed by atoms with Gasteiger partial charge in [0.05, 0.1) is 12.7 Å². The molecule has 1 aliphatic heterocycles. The number of aromatic nitrogens is 1. The molecule has 4 rings (SSSR count). The van der Waals surface area contributed by atoms with Crippen molar-refractivity contribution in [2.24, 2.45) is 0 Å². The van der Waals surface area contributed by atoms with E-state index in [2.05, 4.69) is 20.5 Å². The standard InChI is InChI=1S/C26H29N5O3/c1-27-25(32)23-18-31(16-15-30(23)17-19-7-4-3-5-8-19)26(33)22-9-6-14-28-24(22)29-20-10-12-21(34-2)13-11-20/h3-14,23H,15-18H2,1-2H3,(H,27,32)(H,28,29)/t23-/m1/s1. The van der Waals surface area contributed by atoms with E-state index in [1.165, 1.54) is 0 Å². The Labute approximate surface area is 199 Å². The quantitative estimate of drug-likeness (QED) is 0.565. The van der Waals surface area contributed by atoms with Crippen LogP contribution in [0.3, 0.4) is 0 Å². The number of likely N-dealkylation sites (N-methyl/N-ethyl adjacent to an activating group) is 1. The van der Waals surface area contributed by atoms with Crippen molar-refractivity contribution in [2.45, 2.75) is 12.6 Å². The predicted octanol–water partition coefficient (Wildman–Crippen LogP) is 2.91. The first-order chi connectivity index (χ1) is 16.6. The highest BCUT2D eigenvalue weighted by molar-refractivity contribution is 5.99. The molecule has 1 aliphatic rings. The van der Waals surface area contributed by atoms with Gasteiger partial charge >= 0.3 is 0 Å². The summed E-state index contributed by atoms with van der Waals surface area (Å²) in [5.74, 6) is 0.964. The molecule has 2 N–H and O–H groups in total. The second kappa shape index (κ2) is 10.8. The molecule has 0 radical (unpaired) electrons. The predicted molar refractivity (Wildman–Crippen MR) is 131 cm³/mol. The highest BCUT2D eigenvalue weighted by atomic mass is 16.5. The van der Waals surface area contributed by atoms with Gasteiger partial charge < -0.3 is 20.3 Å². The minimum Gasteiger partial charge on any atom is -0.497 e. The molecule has 0 aliphatic carbocycles. The Balaban J connectivity index is 1.51. The lowest BCUT2D eigenvalue weighted by Gasteiger charge is -2.40. The number of methoxy groups -OCH3 is 1. The number of nitrogens with zero attached hydrogens (tertiary/aromatic N) is 3. The van der Waals surface area contributed by atoms with Gasteiger partial charge in [-0.1, -0.05) is 30.3 Å². The molecule has 2 heterocycles. The van der Waals surface area contributed by atoms with Crippen LogP contribution in [0.1, 0.15) is 15.9 Å². The number of hydrogen-bond acceptors (Lipinski definition) is 6. The van der Waals surface area contributed by atoms with Crippen molar-refractivity contribution in [3.63, 3.8) is 0 Å². The van der Waals surface area contributed by atoms with Crippen LogP contribution >= 0.6 is 0 Å². The third-order valence-corrected chi connectivity index (χ3v) is 5.95. The molecule has 0 bridgehead atoms. The van der Waals surface area contributed by atoms with E-state index in [-0.39, 0.29) is 11.8 Å². The number of nitrogens with one attached hydrogen (secondary N) is 2. The molecule has 2 amide bonds. The average Bonchev–Trinajstić information content (AvgIpc) is 2.89. The summed E-state index contributed by atoms with van der Waals surface area (Å²) >= 11 is 0. The fraction of sp³-hybridized carbons (Fsp3) is 0.269. The van der Waals surface area contributed by atoms with Gasteiger partial charge in [0.1, 0.15) is 17.6 Å². The van der Waals surface area contributed by atoms with Gasteiger partial charge in [-0.3, -0.25) is 14.5 Å². The zero-order chi connectivity index (χ0) is 23.9. The van der Waals surface area contributed by atoms with E-state index in [4.69, 9.17) is 4.74 Å². The van der Waals surface area contributed by atoms with E-state index in [0.717, 1.165) is 17.0 Å². The van der Waals surface area contributed by atoms with Crippen LogP contribution in [-0.2, 0) is 11.3 Å². The number of rotatable bonds is 7. The van der Waals surface area contributed by atoms with E-state index < -0.39 is 6.04 Å². The van der Waals surface area contributed by atoms with Gasteiger partial charge in [0.2, 0.25) is 5.91 Å². The SMILES string of the molecule is CNC(=O)[C@H]1CN(C(=O)c2cccnc2Nc2ccc(OC)cc2)CCN1Cc1ccccc1. The molecule has 1 atom stereocenters. The molecule has 34 heavy (non-hydrogen) atoms. The third-order valence-electron chi connectivity index (χ3n) is 5.95. The minimum absolute atomic E-state index is 0.101. The first-order valence-corrected chi connectivity index (χ1v) is 11.2. The zero-order valence-corrected chi connectivity index (χ0v) is 19.4. The number of carbonyl (C=O) groups excluding carboxylic acids is 2. The third kappa shape index (κ3) is 5.35. The number of amides is 2. The average molecular weight is 460 g/mol. The van der Waals surface area contributed by atoms with Crippen LogP contribution < -0.4 is 15.4 Å². The summed E-state index contributed by atoms with van der Waals surface area (Å²) in [7, 11) is 3.24. The van der Waals surface area contributed by atoms with Crippen LogP contribution in [0.5, 0.6) is 5.75 Å². The summed E-state index contributed by atoms with van der Waals surface area (Å²) in [5.41, 5.74) is 2.39. The summed E-state index contributed by atoms with van der Waals surface area (Å²) in [4.78, 5) is 34.5. The number of hydrogen-bond donors (Lipinski definition) is 2. The Morgan fingerprint density at radius 2 is 1.79 bits per heavy atom. The molecule has 3 aromatic rings. The Hall–Kier alpha value is -3.91. The Morgan fingerprint density at radius 1 is 1.03 bits per heavy atom. The second-order valence-electron chi connectivity index (χ2n) is 8.09. The normalized spacial score (nSPS) is 16.1. The molecule has 8 heteroatoms. The molecule has 176 valence electrons. The van der Waals surface area contributed by atoms with Gasteiger partial charge in [-0.25, -0.2) is 4.98 Å². The van der Waals surface area contributed by atoms with Crippen LogP contribution in [0.15, 0.2) is 72.9 Å². The first kappa shape index (κ1) is 23.3. The maximum Gasteiger partial charge on any atom is 0.257 e. The summed E-state index contributed by atoms with van der Waals surface area (Å²) in [6.45, 7) is 2.08. The Bertz CT molecular complexity index is 1120. The van der Waals surface area contributed by atoms with Crippen molar-refractivity contribution >= 4 is 23.3 Å². The molecule has 0 unspecified atom stereocenters. The fourth-order valence-electron chi connectivity index (χ4n) is 4.09. The molecule has 8 nitrogen and oxygen atoms in total. The van der Waals surface area contributed by atoms with E-state index in [1.807, 2.05) is 54.6 Å². The van der Waals surface area contributed by atoms with Gasteiger partial charge in [-0.15, -0.1) is 0 Å². The topological polar surface area (TPSA) is 86.8 Å². The van der Waals surface area contributed by atoms with Crippen molar-refractivity contribution in [2.75, 3.05) is 39.1 Å². The van der Waals surface area contributed by atoms with Crippen LogP contribution in [0.4, 0.5) is 11.5 Å². The van der Waals surface area contributed by atoms with Crippen molar-refractivity contribution < 1.29 is 14.3 Å². The lowest BCUT2D eigenvalue weighted by molar-refractivity contribution is -0.128. The van der Waals surface area contributed by atoms with Gasteiger partial charge in [0.15, 0.2) is 0 Å². The first-order valence-electron chi connectivity index (χ1n) is 11.2. The van der Waals surface area contributed by atoms with E-state index in [9.17, 15) is 9.59 Å². The molecule has 1 aromatic heterocycles. The summed E-state index contributed by atoms with van der Waals surface area (Å²) in [6, 6.07) is 20.5. The number of anilines is 2.